The van der Waals surface area contributed by atoms with Crippen LogP contribution in [0, 0.1) is 6.92 Å². The lowest BCUT2D eigenvalue weighted by Gasteiger charge is -2.07. The minimum absolute atomic E-state index is 0.189. The van der Waals surface area contributed by atoms with Crippen molar-refractivity contribution in [1.29, 1.82) is 0 Å². The average molecular weight is 294 g/mol. The molecule has 22 heavy (non-hydrogen) atoms. The summed E-state index contributed by atoms with van der Waals surface area (Å²) in [5.74, 6) is -0.396. The molecular formula is C18H18N2O2. The largest absolute Gasteiger partial charge is 0.349 e. The van der Waals surface area contributed by atoms with Gasteiger partial charge in [-0.15, -0.1) is 6.58 Å². The van der Waals surface area contributed by atoms with Crippen molar-refractivity contribution in [2.75, 3.05) is 11.9 Å². The molecule has 112 valence electrons. The molecule has 0 spiro atoms. The number of hydrogen-bond acceptors (Lipinski definition) is 2. The van der Waals surface area contributed by atoms with E-state index in [9.17, 15) is 9.59 Å². The quantitative estimate of drug-likeness (QED) is 0.832. The Morgan fingerprint density at radius 3 is 2.05 bits per heavy atom. The minimum atomic E-state index is -0.207. The monoisotopic (exact) mass is 294 g/mol. The van der Waals surface area contributed by atoms with Gasteiger partial charge in [-0.05, 0) is 43.3 Å². The zero-order chi connectivity index (χ0) is 15.9. The molecule has 0 heterocycles. The molecule has 2 N–H and O–H groups in total. The summed E-state index contributed by atoms with van der Waals surface area (Å²) in [7, 11) is 0. The van der Waals surface area contributed by atoms with Gasteiger partial charge in [0.15, 0.2) is 0 Å². The van der Waals surface area contributed by atoms with Crippen molar-refractivity contribution in [3.63, 3.8) is 0 Å². The molecule has 4 heteroatoms. The minimum Gasteiger partial charge on any atom is -0.349 e. The number of aryl methyl sites for hydroxylation is 1. The number of rotatable bonds is 5. The summed E-state index contributed by atoms with van der Waals surface area (Å²) in [6.07, 6.45) is 1.61. The van der Waals surface area contributed by atoms with Gasteiger partial charge in [-0.2, -0.15) is 0 Å². The van der Waals surface area contributed by atoms with Crippen LogP contribution in [0.15, 0.2) is 61.2 Å². The lowest BCUT2D eigenvalue weighted by molar-refractivity contribution is 0.0956. The maximum Gasteiger partial charge on any atom is 0.255 e. The first-order chi connectivity index (χ1) is 10.6. The van der Waals surface area contributed by atoms with E-state index in [1.165, 1.54) is 0 Å². The highest BCUT2D eigenvalue weighted by molar-refractivity contribution is 6.05. The van der Waals surface area contributed by atoms with Gasteiger partial charge in [0.2, 0.25) is 0 Å². The Morgan fingerprint density at radius 1 is 0.955 bits per heavy atom. The topological polar surface area (TPSA) is 58.2 Å². The van der Waals surface area contributed by atoms with E-state index in [1.807, 2.05) is 31.2 Å². The molecule has 0 aliphatic heterocycles. The number of benzene rings is 2. The normalized spacial score (nSPS) is 9.86. The molecule has 4 nitrogen and oxygen atoms in total. The molecule has 0 aliphatic carbocycles. The van der Waals surface area contributed by atoms with E-state index in [4.69, 9.17) is 0 Å². The van der Waals surface area contributed by atoms with Crippen LogP contribution >= 0.6 is 0 Å². The van der Waals surface area contributed by atoms with E-state index in [-0.39, 0.29) is 11.8 Å². The Bertz CT molecular complexity index is 673. The zero-order valence-electron chi connectivity index (χ0n) is 12.4. The predicted octanol–water partition coefficient (Wildman–Crippen LogP) is 3.16. The van der Waals surface area contributed by atoms with Crippen LogP contribution in [0.2, 0.25) is 0 Å². The van der Waals surface area contributed by atoms with Gasteiger partial charge in [0.25, 0.3) is 11.8 Å². The fourth-order valence-electron chi connectivity index (χ4n) is 1.88. The maximum atomic E-state index is 12.1. The first-order valence-electron chi connectivity index (χ1n) is 6.97. The predicted molar refractivity (Wildman–Crippen MR) is 88.1 cm³/mol. The van der Waals surface area contributed by atoms with E-state index in [1.54, 1.807) is 30.3 Å². The van der Waals surface area contributed by atoms with Gasteiger partial charge in [-0.1, -0.05) is 23.8 Å². The molecule has 0 saturated carbocycles. The van der Waals surface area contributed by atoms with Crippen LogP contribution in [0.4, 0.5) is 5.69 Å². The molecule has 0 atom stereocenters. The van der Waals surface area contributed by atoms with Crippen LogP contribution in [0.1, 0.15) is 26.3 Å². The molecule has 2 rings (SSSR count). The smallest absolute Gasteiger partial charge is 0.255 e. The summed E-state index contributed by atoms with van der Waals surface area (Å²) in [4.78, 5) is 23.9. The fraction of sp³-hybridized carbons (Fsp3) is 0.111. The standard InChI is InChI=1S/C18H18N2O2/c1-3-12-19-17(21)14-6-8-15(9-7-14)18(22)20-16-10-4-13(2)5-11-16/h3-11H,1,12H2,2H3,(H,19,21)(H,20,22). The average Bonchev–Trinajstić information content (AvgIpc) is 2.55. The van der Waals surface area contributed by atoms with Crippen LogP contribution in [0.25, 0.3) is 0 Å². The van der Waals surface area contributed by atoms with E-state index in [2.05, 4.69) is 17.2 Å². The van der Waals surface area contributed by atoms with Crippen molar-refractivity contribution < 1.29 is 9.59 Å². The second-order valence-corrected chi connectivity index (χ2v) is 4.90. The summed E-state index contributed by atoms with van der Waals surface area (Å²) in [6.45, 7) is 5.94. The van der Waals surface area contributed by atoms with Gasteiger partial charge in [-0.3, -0.25) is 9.59 Å². The zero-order valence-corrected chi connectivity index (χ0v) is 12.4. The fourth-order valence-corrected chi connectivity index (χ4v) is 1.88. The highest BCUT2D eigenvalue weighted by atomic mass is 16.2. The van der Waals surface area contributed by atoms with Gasteiger partial charge < -0.3 is 10.6 Å². The van der Waals surface area contributed by atoms with Crippen molar-refractivity contribution in [3.05, 3.63) is 77.9 Å². The summed E-state index contributed by atoms with van der Waals surface area (Å²) in [6, 6.07) is 14.1. The molecule has 0 aromatic heterocycles. The molecule has 0 aliphatic rings. The third-order valence-corrected chi connectivity index (χ3v) is 3.13. The van der Waals surface area contributed by atoms with Crippen molar-refractivity contribution in [2.45, 2.75) is 6.92 Å². The Balaban J connectivity index is 2.03. The highest BCUT2D eigenvalue weighted by Gasteiger charge is 2.08. The first-order valence-corrected chi connectivity index (χ1v) is 6.97. The van der Waals surface area contributed by atoms with Crippen molar-refractivity contribution >= 4 is 17.5 Å². The molecule has 2 aromatic rings. The van der Waals surface area contributed by atoms with Crippen LogP contribution in [-0.4, -0.2) is 18.4 Å². The number of carbonyl (C=O) groups excluding carboxylic acids is 2. The van der Waals surface area contributed by atoms with Gasteiger partial charge >= 0.3 is 0 Å². The molecule has 0 radical (unpaired) electrons. The molecule has 0 fully saturated rings. The Hall–Kier alpha value is -2.88. The van der Waals surface area contributed by atoms with Crippen LogP contribution in [0.3, 0.4) is 0 Å². The lowest BCUT2D eigenvalue weighted by Crippen LogP contribution is -2.23. The molecule has 2 aromatic carbocycles. The van der Waals surface area contributed by atoms with Crippen LogP contribution in [-0.2, 0) is 0 Å². The first kappa shape index (κ1) is 15.5. The molecule has 2 amide bonds. The van der Waals surface area contributed by atoms with E-state index in [0.717, 1.165) is 11.3 Å². The summed E-state index contributed by atoms with van der Waals surface area (Å²) >= 11 is 0. The van der Waals surface area contributed by atoms with E-state index < -0.39 is 0 Å². The Morgan fingerprint density at radius 2 is 1.50 bits per heavy atom. The molecule has 0 saturated heterocycles. The lowest BCUT2D eigenvalue weighted by atomic mass is 10.1. The molecular weight excluding hydrogens is 276 g/mol. The van der Waals surface area contributed by atoms with Crippen molar-refractivity contribution in [2.24, 2.45) is 0 Å². The van der Waals surface area contributed by atoms with Gasteiger partial charge in [-0.25, -0.2) is 0 Å². The van der Waals surface area contributed by atoms with Gasteiger partial charge in [0.05, 0.1) is 0 Å². The SMILES string of the molecule is C=CCNC(=O)c1ccc(C(=O)Nc2ccc(C)cc2)cc1. The second kappa shape index (κ2) is 7.22. The number of hydrogen-bond donors (Lipinski definition) is 2. The van der Waals surface area contributed by atoms with Crippen molar-refractivity contribution in [3.8, 4) is 0 Å². The third-order valence-electron chi connectivity index (χ3n) is 3.13. The third kappa shape index (κ3) is 4.06. The van der Waals surface area contributed by atoms with Gasteiger partial charge in [0.1, 0.15) is 0 Å². The number of anilines is 1. The number of amides is 2. The maximum absolute atomic E-state index is 12.1. The van der Waals surface area contributed by atoms with E-state index in [0.29, 0.717) is 17.7 Å². The van der Waals surface area contributed by atoms with Gasteiger partial charge in [0, 0.05) is 23.4 Å². The Kier molecular flexibility index (Phi) is 5.09. The molecule has 0 bridgehead atoms. The Labute approximate surface area is 129 Å². The van der Waals surface area contributed by atoms with E-state index >= 15 is 0 Å². The van der Waals surface area contributed by atoms with Crippen LogP contribution < -0.4 is 10.6 Å². The highest BCUT2D eigenvalue weighted by Crippen LogP contribution is 2.11. The summed E-state index contributed by atoms with van der Waals surface area (Å²) < 4.78 is 0. The van der Waals surface area contributed by atoms with Crippen LogP contribution in [0.5, 0.6) is 0 Å². The number of nitrogens with one attached hydrogen (secondary N) is 2. The summed E-state index contributed by atoms with van der Waals surface area (Å²) in [5.41, 5.74) is 2.88. The number of carbonyl (C=O) groups is 2. The molecule has 0 unspecified atom stereocenters. The summed E-state index contributed by atoms with van der Waals surface area (Å²) in [5, 5.41) is 5.50. The van der Waals surface area contributed by atoms with Crippen molar-refractivity contribution in [1.82, 2.24) is 5.32 Å². The second-order valence-electron chi connectivity index (χ2n) is 4.90.